The van der Waals surface area contributed by atoms with Crippen LogP contribution in [0.3, 0.4) is 0 Å². The van der Waals surface area contributed by atoms with Crippen LogP contribution in [-0.4, -0.2) is 34.9 Å². The predicted octanol–water partition coefficient (Wildman–Crippen LogP) is 3.28. The van der Waals surface area contributed by atoms with Crippen molar-refractivity contribution in [1.82, 2.24) is 9.88 Å². The molecule has 3 atom stereocenters. The fourth-order valence-corrected chi connectivity index (χ4v) is 4.26. The monoisotopic (exact) mass is 394 g/mol. The molecule has 0 bridgehead atoms. The summed E-state index contributed by atoms with van der Waals surface area (Å²) in [5, 5.41) is 5.76. The molecule has 1 amide bonds. The summed E-state index contributed by atoms with van der Waals surface area (Å²) in [6, 6.07) is 0.184. The second-order valence-corrected chi connectivity index (χ2v) is 7.74. The molecule has 2 heterocycles. The fraction of sp³-hybridized carbons (Fsp3) is 0.750. The SMILES string of the molecule is CC1CCCN(Cc2csc(NC(=O)C3CCC(N)C3)n2)C1.Cl.Cl. The zero-order valence-electron chi connectivity index (χ0n) is 14.1. The Hall–Kier alpha value is -0.400. The molecule has 1 aromatic rings. The molecule has 0 spiro atoms. The van der Waals surface area contributed by atoms with Gasteiger partial charge in [0.1, 0.15) is 0 Å². The van der Waals surface area contributed by atoms with Crippen LogP contribution in [0.4, 0.5) is 5.13 Å². The molecule has 3 N–H and O–H groups in total. The van der Waals surface area contributed by atoms with E-state index in [1.165, 1.54) is 24.2 Å². The maximum atomic E-state index is 12.2. The molecular weight excluding hydrogens is 367 g/mol. The van der Waals surface area contributed by atoms with Crippen molar-refractivity contribution in [2.45, 2.75) is 51.6 Å². The second-order valence-electron chi connectivity index (χ2n) is 6.89. The third-order valence-electron chi connectivity index (χ3n) is 4.75. The summed E-state index contributed by atoms with van der Waals surface area (Å²) < 4.78 is 0. The van der Waals surface area contributed by atoms with Crippen LogP contribution < -0.4 is 11.1 Å². The van der Waals surface area contributed by atoms with Crippen LogP contribution in [0.1, 0.15) is 44.7 Å². The van der Waals surface area contributed by atoms with Crippen molar-refractivity contribution in [3.63, 3.8) is 0 Å². The maximum absolute atomic E-state index is 12.2. The normalized spacial score (nSPS) is 27.2. The lowest BCUT2D eigenvalue weighted by molar-refractivity contribution is -0.119. The number of carbonyl (C=O) groups is 1. The number of halogens is 2. The quantitative estimate of drug-likeness (QED) is 0.821. The molecule has 1 saturated heterocycles. The maximum Gasteiger partial charge on any atom is 0.229 e. The number of rotatable bonds is 4. The number of nitrogens with one attached hydrogen (secondary N) is 1. The molecule has 24 heavy (non-hydrogen) atoms. The van der Waals surface area contributed by atoms with Crippen LogP contribution >= 0.6 is 36.2 Å². The Morgan fingerprint density at radius 1 is 1.42 bits per heavy atom. The van der Waals surface area contributed by atoms with E-state index in [-0.39, 0.29) is 42.7 Å². The number of nitrogens with zero attached hydrogens (tertiary/aromatic N) is 2. The third kappa shape index (κ3) is 5.85. The van der Waals surface area contributed by atoms with Crippen molar-refractivity contribution in [2.75, 3.05) is 18.4 Å². The number of anilines is 1. The Balaban J connectivity index is 0.00000144. The van der Waals surface area contributed by atoms with Gasteiger partial charge < -0.3 is 11.1 Å². The minimum absolute atomic E-state index is 0. The number of carbonyl (C=O) groups excluding carboxylic acids is 1. The highest BCUT2D eigenvalue weighted by molar-refractivity contribution is 7.13. The first-order valence-electron chi connectivity index (χ1n) is 8.33. The van der Waals surface area contributed by atoms with E-state index in [4.69, 9.17) is 5.73 Å². The first-order valence-corrected chi connectivity index (χ1v) is 9.21. The molecule has 1 aromatic heterocycles. The number of thiazole rings is 1. The Labute approximate surface area is 160 Å². The Morgan fingerprint density at radius 2 is 2.21 bits per heavy atom. The second kappa shape index (κ2) is 9.92. The van der Waals surface area contributed by atoms with Crippen molar-refractivity contribution in [2.24, 2.45) is 17.6 Å². The lowest BCUT2D eigenvalue weighted by Crippen LogP contribution is -2.33. The van der Waals surface area contributed by atoms with Crippen molar-refractivity contribution in [3.05, 3.63) is 11.1 Å². The van der Waals surface area contributed by atoms with Crippen molar-refractivity contribution in [1.29, 1.82) is 0 Å². The van der Waals surface area contributed by atoms with Crippen molar-refractivity contribution < 1.29 is 4.79 Å². The third-order valence-corrected chi connectivity index (χ3v) is 5.56. The van der Waals surface area contributed by atoms with E-state index in [1.54, 1.807) is 0 Å². The molecule has 1 saturated carbocycles. The average molecular weight is 395 g/mol. The van der Waals surface area contributed by atoms with Gasteiger partial charge in [0.2, 0.25) is 5.91 Å². The molecule has 1 aliphatic carbocycles. The highest BCUT2D eigenvalue weighted by atomic mass is 35.5. The largest absolute Gasteiger partial charge is 0.328 e. The Bertz CT molecular complexity index is 528. The summed E-state index contributed by atoms with van der Waals surface area (Å²) >= 11 is 1.53. The summed E-state index contributed by atoms with van der Waals surface area (Å²) in [6.45, 7) is 5.51. The minimum atomic E-state index is 0. The van der Waals surface area contributed by atoms with Gasteiger partial charge in [-0.15, -0.1) is 36.2 Å². The van der Waals surface area contributed by atoms with E-state index < -0.39 is 0 Å². The molecule has 5 nitrogen and oxygen atoms in total. The van der Waals surface area contributed by atoms with E-state index in [0.29, 0.717) is 0 Å². The highest BCUT2D eigenvalue weighted by Gasteiger charge is 2.28. The molecule has 3 rings (SSSR count). The van der Waals surface area contributed by atoms with Crippen LogP contribution in [-0.2, 0) is 11.3 Å². The van der Waals surface area contributed by atoms with Crippen molar-refractivity contribution >= 4 is 47.2 Å². The summed E-state index contributed by atoms with van der Waals surface area (Å²) in [5.74, 6) is 0.920. The van der Waals surface area contributed by atoms with Gasteiger partial charge in [0.15, 0.2) is 5.13 Å². The molecule has 2 fully saturated rings. The van der Waals surface area contributed by atoms with Crippen LogP contribution in [0, 0.1) is 11.8 Å². The summed E-state index contributed by atoms with van der Waals surface area (Å²) in [6.07, 6.45) is 5.26. The zero-order valence-corrected chi connectivity index (χ0v) is 16.5. The standard InChI is InChI=1S/C16H26N4OS.2ClH/c1-11-3-2-6-20(8-11)9-14-10-22-16(18-14)19-15(21)12-4-5-13(17)7-12;;/h10-13H,2-9,17H2,1H3,(H,18,19,21);2*1H. The van der Waals surface area contributed by atoms with Crippen LogP contribution in [0.15, 0.2) is 5.38 Å². The number of aromatic nitrogens is 1. The number of hydrogen-bond donors (Lipinski definition) is 2. The van der Waals surface area contributed by atoms with Gasteiger partial charge >= 0.3 is 0 Å². The molecule has 1 aliphatic heterocycles. The van der Waals surface area contributed by atoms with Gasteiger partial charge in [0.05, 0.1) is 5.69 Å². The Morgan fingerprint density at radius 3 is 2.88 bits per heavy atom. The predicted molar refractivity (Wildman–Crippen MR) is 104 cm³/mol. The van der Waals surface area contributed by atoms with E-state index in [1.807, 2.05) is 0 Å². The first kappa shape index (κ1) is 21.6. The van der Waals surface area contributed by atoms with Gasteiger partial charge in [-0.3, -0.25) is 9.69 Å². The van der Waals surface area contributed by atoms with E-state index in [2.05, 4.69) is 27.5 Å². The molecule has 2 aliphatic rings. The van der Waals surface area contributed by atoms with Crippen LogP contribution in [0.25, 0.3) is 0 Å². The highest BCUT2D eigenvalue weighted by Crippen LogP contribution is 2.26. The summed E-state index contributed by atoms with van der Waals surface area (Å²) in [5.41, 5.74) is 6.94. The molecule has 0 radical (unpaired) electrons. The average Bonchev–Trinajstić information content (AvgIpc) is 3.08. The lowest BCUT2D eigenvalue weighted by Gasteiger charge is -2.30. The van der Waals surface area contributed by atoms with Gasteiger partial charge in [-0.05, 0) is 44.6 Å². The van der Waals surface area contributed by atoms with E-state index >= 15 is 0 Å². The first-order chi connectivity index (χ1) is 10.6. The number of hydrogen-bond acceptors (Lipinski definition) is 5. The van der Waals surface area contributed by atoms with Gasteiger partial charge in [-0.1, -0.05) is 6.92 Å². The Kier molecular flexibility index (Phi) is 8.95. The van der Waals surface area contributed by atoms with Crippen LogP contribution in [0.2, 0.25) is 0 Å². The fourth-order valence-electron chi connectivity index (χ4n) is 3.56. The van der Waals surface area contributed by atoms with E-state index in [0.717, 1.165) is 55.6 Å². The topological polar surface area (TPSA) is 71.2 Å². The van der Waals surface area contributed by atoms with Gasteiger partial charge in [0, 0.05) is 30.4 Å². The summed E-state index contributed by atoms with van der Waals surface area (Å²) in [4.78, 5) is 19.2. The van der Waals surface area contributed by atoms with Crippen molar-refractivity contribution in [3.8, 4) is 0 Å². The van der Waals surface area contributed by atoms with Gasteiger partial charge in [-0.25, -0.2) is 4.98 Å². The number of amides is 1. The molecule has 8 heteroatoms. The van der Waals surface area contributed by atoms with E-state index in [9.17, 15) is 4.79 Å². The van der Waals surface area contributed by atoms with Crippen LogP contribution in [0.5, 0.6) is 0 Å². The number of likely N-dealkylation sites (tertiary alicyclic amines) is 1. The molecular formula is C16H28Cl2N4OS. The smallest absolute Gasteiger partial charge is 0.229 e. The van der Waals surface area contributed by atoms with Gasteiger partial charge in [0.25, 0.3) is 0 Å². The summed E-state index contributed by atoms with van der Waals surface area (Å²) in [7, 11) is 0. The molecule has 138 valence electrons. The lowest BCUT2D eigenvalue weighted by atomic mass is 10.0. The number of piperidine rings is 1. The molecule has 3 unspecified atom stereocenters. The molecule has 0 aromatic carbocycles. The number of nitrogens with two attached hydrogens (primary N) is 1. The minimum Gasteiger partial charge on any atom is -0.328 e. The van der Waals surface area contributed by atoms with Gasteiger partial charge in [-0.2, -0.15) is 0 Å². The zero-order chi connectivity index (χ0) is 15.5.